The monoisotopic (exact) mass is 305 g/mol. The second-order valence-electron chi connectivity index (χ2n) is 5.44. The van der Waals surface area contributed by atoms with E-state index in [1.54, 1.807) is 0 Å². The number of nitrogens with two attached hydrogens (primary N) is 1. The van der Waals surface area contributed by atoms with Gasteiger partial charge < -0.3 is 15.0 Å². The van der Waals surface area contributed by atoms with Gasteiger partial charge in [0.15, 0.2) is 0 Å². The van der Waals surface area contributed by atoms with Gasteiger partial charge in [0.25, 0.3) is 0 Å². The molecule has 1 aliphatic rings. The number of nitriles is 1. The van der Waals surface area contributed by atoms with Crippen LogP contribution in [0.3, 0.4) is 0 Å². The smallest absolute Gasteiger partial charge is 0.119 e. The molecule has 4 nitrogen and oxygen atoms in total. The number of aromatic nitrogens is 1. The van der Waals surface area contributed by atoms with E-state index in [1.165, 1.54) is 0 Å². The van der Waals surface area contributed by atoms with Gasteiger partial charge in [-0.2, -0.15) is 5.26 Å². The van der Waals surface area contributed by atoms with Crippen molar-refractivity contribution in [2.75, 3.05) is 6.61 Å². The second-order valence-corrected chi connectivity index (χ2v) is 5.44. The number of rotatable bonds is 3. The maximum atomic E-state index is 9.68. The molecule has 116 valence electrons. The van der Waals surface area contributed by atoms with E-state index in [2.05, 4.69) is 12.1 Å². The number of ether oxygens (including phenoxy) is 1. The molecule has 0 fully saturated rings. The van der Waals surface area contributed by atoms with Crippen molar-refractivity contribution in [3.05, 3.63) is 52.2 Å². The minimum absolute atomic E-state index is 0.636. The Hall–Kier alpha value is -2.93. The van der Waals surface area contributed by atoms with Gasteiger partial charge in [-0.1, -0.05) is 12.2 Å². The minimum atomic E-state index is 0.636. The molecule has 2 aromatic rings. The summed E-state index contributed by atoms with van der Waals surface area (Å²) in [5.74, 6) is 0.829. The average Bonchev–Trinajstić information content (AvgIpc) is 2.69. The summed E-state index contributed by atoms with van der Waals surface area (Å²) < 4.78 is 7.52. The molecule has 0 aliphatic heterocycles. The molecule has 0 spiro atoms. The van der Waals surface area contributed by atoms with Gasteiger partial charge in [0.05, 0.1) is 23.2 Å². The maximum Gasteiger partial charge on any atom is 0.119 e. The molecule has 0 saturated carbocycles. The van der Waals surface area contributed by atoms with Crippen LogP contribution < -0.4 is 21.0 Å². The SMILES string of the molecule is CCOc1ccc(-c2c(C#N)c3c(n2C)=CC(N)=CCC=3)cc1. The molecular formula is C19H19N3O. The first kappa shape index (κ1) is 15.0. The first-order chi connectivity index (χ1) is 11.2. The zero-order valence-electron chi connectivity index (χ0n) is 13.3. The number of allylic oxidation sites excluding steroid dienone is 2. The molecule has 2 N–H and O–H groups in total. The standard InChI is InChI=1S/C19H19N3O/c1-3-23-15-9-7-13(8-10-15)19-17(12-20)16-6-4-5-14(21)11-18(16)22(19)2/h5-11H,3-4,21H2,1-2H3. The highest BCUT2D eigenvalue weighted by atomic mass is 16.5. The van der Waals surface area contributed by atoms with Gasteiger partial charge in [0.2, 0.25) is 0 Å². The molecule has 1 aromatic heterocycles. The van der Waals surface area contributed by atoms with Crippen LogP contribution in [0.4, 0.5) is 0 Å². The summed E-state index contributed by atoms with van der Waals surface area (Å²) in [6.07, 6.45) is 6.68. The van der Waals surface area contributed by atoms with Crippen molar-refractivity contribution >= 4 is 12.2 Å². The summed E-state index contributed by atoms with van der Waals surface area (Å²) in [5, 5.41) is 11.6. The van der Waals surface area contributed by atoms with E-state index >= 15 is 0 Å². The summed E-state index contributed by atoms with van der Waals surface area (Å²) >= 11 is 0. The highest BCUT2D eigenvalue weighted by molar-refractivity contribution is 5.71. The van der Waals surface area contributed by atoms with Crippen molar-refractivity contribution in [2.45, 2.75) is 13.3 Å². The molecule has 4 heteroatoms. The van der Waals surface area contributed by atoms with Crippen LogP contribution in [0, 0.1) is 11.3 Å². The third kappa shape index (κ3) is 2.62. The predicted octanol–water partition coefficient (Wildman–Crippen LogP) is 1.77. The lowest BCUT2D eigenvalue weighted by molar-refractivity contribution is 0.340. The second kappa shape index (κ2) is 6.05. The Balaban J connectivity index is 2.24. The molecule has 0 amide bonds. The Morgan fingerprint density at radius 1 is 1.26 bits per heavy atom. The van der Waals surface area contributed by atoms with Crippen LogP contribution in [0.1, 0.15) is 18.9 Å². The molecule has 0 radical (unpaired) electrons. The lowest BCUT2D eigenvalue weighted by Crippen LogP contribution is -2.28. The molecule has 1 aliphatic carbocycles. The number of benzene rings is 1. The van der Waals surface area contributed by atoms with Gasteiger partial charge >= 0.3 is 0 Å². The van der Waals surface area contributed by atoms with Crippen molar-refractivity contribution in [1.29, 1.82) is 5.26 Å². The van der Waals surface area contributed by atoms with Crippen molar-refractivity contribution in [1.82, 2.24) is 4.57 Å². The number of hydrogen-bond donors (Lipinski definition) is 1. The number of fused-ring (bicyclic) bond motifs is 1. The first-order valence-corrected chi connectivity index (χ1v) is 7.65. The molecule has 0 saturated heterocycles. The van der Waals surface area contributed by atoms with Gasteiger partial charge in [-0.15, -0.1) is 0 Å². The van der Waals surface area contributed by atoms with Crippen molar-refractivity contribution < 1.29 is 4.74 Å². The average molecular weight is 305 g/mol. The predicted molar refractivity (Wildman–Crippen MR) is 91.8 cm³/mol. The molecule has 0 atom stereocenters. The Morgan fingerprint density at radius 3 is 2.65 bits per heavy atom. The zero-order valence-corrected chi connectivity index (χ0v) is 13.3. The number of hydrogen-bond acceptors (Lipinski definition) is 3. The lowest BCUT2D eigenvalue weighted by atomic mass is 10.1. The van der Waals surface area contributed by atoms with Crippen molar-refractivity contribution in [3.63, 3.8) is 0 Å². The largest absolute Gasteiger partial charge is 0.494 e. The highest BCUT2D eigenvalue weighted by Gasteiger charge is 2.15. The van der Waals surface area contributed by atoms with E-state index in [-0.39, 0.29) is 0 Å². The third-order valence-corrected chi connectivity index (χ3v) is 4.01. The van der Waals surface area contributed by atoms with E-state index in [9.17, 15) is 5.26 Å². The van der Waals surface area contributed by atoms with E-state index in [4.69, 9.17) is 10.5 Å². The minimum Gasteiger partial charge on any atom is -0.494 e. The quantitative estimate of drug-likeness (QED) is 0.940. The van der Waals surface area contributed by atoms with Gasteiger partial charge in [-0.25, -0.2) is 0 Å². The fraction of sp³-hybridized carbons (Fsp3) is 0.211. The molecule has 1 heterocycles. The summed E-state index contributed by atoms with van der Waals surface area (Å²) in [6, 6.07) is 10.2. The van der Waals surface area contributed by atoms with Gasteiger partial charge in [0.1, 0.15) is 11.8 Å². The molecule has 1 aromatic carbocycles. The van der Waals surface area contributed by atoms with Crippen LogP contribution in [0.25, 0.3) is 23.4 Å². The van der Waals surface area contributed by atoms with Gasteiger partial charge in [0, 0.05) is 18.0 Å². The van der Waals surface area contributed by atoms with Crippen LogP contribution in [0.5, 0.6) is 5.75 Å². The lowest BCUT2D eigenvalue weighted by Gasteiger charge is -2.07. The molecule has 0 unspecified atom stereocenters. The van der Waals surface area contributed by atoms with Crippen molar-refractivity contribution in [2.24, 2.45) is 12.8 Å². The molecule has 0 bridgehead atoms. The molecule has 23 heavy (non-hydrogen) atoms. The van der Waals surface area contributed by atoms with Crippen LogP contribution in [-0.4, -0.2) is 11.2 Å². The zero-order chi connectivity index (χ0) is 16.4. The van der Waals surface area contributed by atoms with Crippen LogP contribution >= 0.6 is 0 Å². The van der Waals surface area contributed by atoms with Crippen LogP contribution in [-0.2, 0) is 7.05 Å². The summed E-state index contributed by atoms with van der Waals surface area (Å²) in [7, 11) is 1.97. The molecule has 3 rings (SSSR count). The highest BCUT2D eigenvalue weighted by Crippen LogP contribution is 2.23. The van der Waals surface area contributed by atoms with Gasteiger partial charge in [-0.05, 0) is 49.2 Å². The number of nitrogens with zero attached hydrogens (tertiary/aromatic N) is 2. The van der Waals surface area contributed by atoms with E-state index in [0.717, 1.165) is 39.7 Å². The Labute approximate surface area is 135 Å². The molecular weight excluding hydrogens is 286 g/mol. The van der Waals surface area contributed by atoms with Crippen molar-refractivity contribution in [3.8, 4) is 23.1 Å². The Bertz CT molecular complexity index is 925. The van der Waals surface area contributed by atoms with Crippen LogP contribution in [0.2, 0.25) is 0 Å². The Morgan fingerprint density at radius 2 is 2.00 bits per heavy atom. The summed E-state index contributed by atoms with van der Waals surface area (Å²) in [6.45, 7) is 2.59. The van der Waals surface area contributed by atoms with E-state index in [0.29, 0.717) is 12.2 Å². The van der Waals surface area contributed by atoms with Crippen LogP contribution in [0.15, 0.2) is 36.0 Å². The summed E-state index contributed by atoms with van der Waals surface area (Å²) in [4.78, 5) is 0. The fourth-order valence-corrected chi connectivity index (χ4v) is 2.96. The van der Waals surface area contributed by atoms with Gasteiger partial charge in [-0.3, -0.25) is 0 Å². The topological polar surface area (TPSA) is 64.0 Å². The Kier molecular flexibility index (Phi) is 3.94. The summed E-state index contributed by atoms with van der Waals surface area (Å²) in [5.41, 5.74) is 9.29. The maximum absolute atomic E-state index is 9.68. The van der Waals surface area contributed by atoms with E-state index in [1.807, 2.05) is 55.0 Å². The van der Waals surface area contributed by atoms with E-state index < -0.39 is 0 Å². The fourth-order valence-electron chi connectivity index (χ4n) is 2.96. The first-order valence-electron chi connectivity index (χ1n) is 7.65. The third-order valence-electron chi connectivity index (χ3n) is 4.01. The normalized spacial score (nSPS) is 13.0.